The summed E-state index contributed by atoms with van der Waals surface area (Å²) in [6.07, 6.45) is -1.28. The van der Waals surface area contributed by atoms with Crippen LogP contribution in [0.3, 0.4) is 0 Å². The van der Waals surface area contributed by atoms with Crippen molar-refractivity contribution < 1.29 is 24.6 Å². The van der Waals surface area contributed by atoms with Gasteiger partial charge in [-0.25, -0.2) is 0 Å². The molecule has 0 fully saturated rings. The van der Waals surface area contributed by atoms with Crippen molar-refractivity contribution in [3.8, 4) is 0 Å². The Bertz CT molecular complexity index is 1290. The number of carbonyl (C=O) groups excluding carboxylic acids is 3. The van der Waals surface area contributed by atoms with Gasteiger partial charge in [-0.1, -0.05) is 74.5 Å². The van der Waals surface area contributed by atoms with E-state index in [1.165, 1.54) is 0 Å². The lowest BCUT2D eigenvalue weighted by atomic mass is 9.95. The van der Waals surface area contributed by atoms with Gasteiger partial charge in [0.25, 0.3) is 11.8 Å². The van der Waals surface area contributed by atoms with Gasteiger partial charge in [0.15, 0.2) is 0 Å². The van der Waals surface area contributed by atoms with Gasteiger partial charge in [0.2, 0.25) is 5.91 Å². The predicted molar refractivity (Wildman–Crippen MR) is 164 cm³/mol. The van der Waals surface area contributed by atoms with Crippen molar-refractivity contribution in [3.63, 3.8) is 0 Å². The summed E-state index contributed by atoms with van der Waals surface area (Å²) in [6.45, 7) is 7.42. The average Bonchev–Trinajstić information content (AvgIpc) is 2.99. The number of hydrogen-bond acceptors (Lipinski definition) is 5. The number of hydrogen-bond donors (Lipinski definition) is 4. The summed E-state index contributed by atoms with van der Waals surface area (Å²) < 4.78 is 0. The first-order valence-electron chi connectivity index (χ1n) is 14.6. The molecule has 0 saturated carbocycles. The topological polar surface area (TPSA) is 119 Å². The van der Waals surface area contributed by atoms with E-state index in [-0.39, 0.29) is 24.3 Å². The van der Waals surface area contributed by atoms with E-state index in [4.69, 9.17) is 0 Å². The molecule has 8 nitrogen and oxygen atoms in total. The summed E-state index contributed by atoms with van der Waals surface area (Å²) in [5.74, 6) is -1.03. The molecule has 3 aromatic carbocycles. The molecule has 0 unspecified atom stereocenters. The molecule has 3 aromatic rings. The second-order valence-electron chi connectivity index (χ2n) is 10.7. The number of carbonyl (C=O) groups is 3. The lowest BCUT2D eigenvalue weighted by Gasteiger charge is -2.28. The zero-order valence-corrected chi connectivity index (χ0v) is 24.8. The highest BCUT2D eigenvalue weighted by Gasteiger charge is 2.30. The lowest BCUT2D eigenvalue weighted by molar-refractivity contribution is -0.125. The molecule has 0 heterocycles. The second kappa shape index (κ2) is 16.4. The standard InChI is InChI=1S/C34H43N3O5/c1-4-16-37(17-5-2)34(42)28-19-24(3)18-27(21-28)33(41)36-29(20-25-12-8-6-9-13-25)32(40)30(38)22-31(39)35-23-26-14-10-7-11-15-26/h6-15,18-19,21,29-30,32,38,40H,4-5,16-17,20,22-23H2,1-3H3,(H,35,39)(H,36,41)/t29-,30+,32+/m0/s1. The molecule has 0 aliphatic heterocycles. The van der Waals surface area contributed by atoms with Gasteiger partial charge in [-0.2, -0.15) is 0 Å². The van der Waals surface area contributed by atoms with Crippen LogP contribution in [-0.2, 0) is 17.8 Å². The molecule has 0 aliphatic rings. The van der Waals surface area contributed by atoms with Gasteiger partial charge in [0, 0.05) is 30.8 Å². The molecule has 3 amide bonds. The van der Waals surface area contributed by atoms with Crippen LogP contribution in [-0.4, -0.2) is 64.2 Å². The zero-order valence-electron chi connectivity index (χ0n) is 24.8. The highest BCUT2D eigenvalue weighted by Crippen LogP contribution is 2.16. The van der Waals surface area contributed by atoms with Crippen LogP contribution in [0.5, 0.6) is 0 Å². The molecule has 224 valence electrons. The second-order valence-corrected chi connectivity index (χ2v) is 10.7. The van der Waals surface area contributed by atoms with Crippen LogP contribution in [0.4, 0.5) is 0 Å². The van der Waals surface area contributed by atoms with Crippen LogP contribution in [0.1, 0.15) is 70.5 Å². The molecule has 3 atom stereocenters. The van der Waals surface area contributed by atoms with Gasteiger partial charge in [-0.15, -0.1) is 0 Å². The fraction of sp³-hybridized carbons (Fsp3) is 0.382. The number of aryl methyl sites for hydroxylation is 1. The average molecular weight is 574 g/mol. The van der Waals surface area contributed by atoms with Crippen molar-refractivity contribution in [2.24, 2.45) is 0 Å². The van der Waals surface area contributed by atoms with Gasteiger partial charge in [0.1, 0.15) is 6.10 Å². The van der Waals surface area contributed by atoms with E-state index in [1.54, 1.807) is 23.1 Å². The molecule has 0 spiro atoms. The Labute approximate surface area is 248 Å². The maximum atomic E-state index is 13.5. The molecule has 3 rings (SSSR count). The molecule has 0 saturated heterocycles. The summed E-state index contributed by atoms with van der Waals surface area (Å²) >= 11 is 0. The predicted octanol–water partition coefficient (Wildman–Crippen LogP) is 4.03. The molecule has 0 bridgehead atoms. The molecule has 0 aromatic heterocycles. The first-order chi connectivity index (χ1) is 20.2. The Morgan fingerprint density at radius 3 is 1.98 bits per heavy atom. The maximum absolute atomic E-state index is 13.5. The van der Waals surface area contributed by atoms with Gasteiger partial charge in [-0.05, 0) is 61.1 Å². The molecular formula is C34H43N3O5. The first-order valence-corrected chi connectivity index (χ1v) is 14.6. The Hall–Kier alpha value is -4.01. The summed E-state index contributed by atoms with van der Waals surface area (Å²) in [4.78, 5) is 41.1. The van der Waals surface area contributed by atoms with Crippen LogP contribution in [0, 0.1) is 6.92 Å². The van der Waals surface area contributed by atoms with Crippen molar-refractivity contribution in [2.45, 2.75) is 71.2 Å². The normalized spacial score (nSPS) is 13.1. The number of amides is 3. The van der Waals surface area contributed by atoms with E-state index in [0.29, 0.717) is 25.2 Å². The highest BCUT2D eigenvalue weighted by atomic mass is 16.3. The number of aliphatic hydroxyl groups is 2. The Balaban J connectivity index is 1.76. The lowest BCUT2D eigenvalue weighted by Crippen LogP contribution is -2.50. The van der Waals surface area contributed by atoms with E-state index in [0.717, 1.165) is 29.5 Å². The molecule has 42 heavy (non-hydrogen) atoms. The third kappa shape index (κ3) is 9.82. The van der Waals surface area contributed by atoms with Crippen molar-refractivity contribution in [1.82, 2.24) is 15.5 Å². The van der Waals surface area contributed by atoms with Crippen LogP contribution in [0.15, 0.2) is 78.9 Å². The third-order valence-electron chi connectivity index (χ3n) is 7.01. The van der Waals surface area contributed by atoms with Gasteiger partial charge in [-0.3, -0.25) is 14.4 Å². The van der Waals surface area contributed by atoms with E-state index in [1.807, 2.05) is 81.4 Å². The number of nitrogens with one attached hydrogen (secondary N) is 2. The minimum absolute atomic E-state index is 0.130. The van der Waals surface area contributed by atoms with Crippen LogP contribution < -0.4 is 10.6 Å². The maximum Gasteiger partial charge on any atom is 0.253 e. The van der Waals surface area contributed by atoms with E-state index >= 15 is 0 Å². The van der Waals surface area contributed by atoms with Gasteiger partial charge < -0.3 is 25.7 Å². The number of aliphatic hydroxyl groups excluding tert-OH is 2. The zero-order chi connectivity index (χ0) is 30.5. The Morgan fingerprint density at radius 1 is 0.810 bits per heavy atom. The van der Waals surface area contributed by atoms with Crippen molar-refractivity contribution in [1.29, 1.82) is 0 Å². The van der Waals surface area contributed by atoms with Crippen molar-refractivity contribution >= 4 is 17.7 Å². The summed E-state index contributed by atoms with van der Waals surface area (Å²) in [5, 5.41) is 27.6. The molecule has 0 aliphatic carbocycles. The van der Waals surface area contributed by atoms with Crippen molar-refractivity contribution in [2.75, 3.05) is 13.1 Å². The fourth-order valence-corrected chi connectivity index (χ4v) is 4.90. The Kier molecular flexibility index (Phi) is 12.7. The molecule has 0 radical (unpaired) electrons. The summed E-state index contributed by atoms with van der Waals surface area (Å²) in [7, 11) is 0. The fourth-order valence-electron chi connectivity index (χ4n) is 4.90. The number of rotatable bonds is 15. The smallest absolute Gasteiger partial charge is 0.253 e. The molecule has 4 N–H and O–H groups in total. The highest BCUT2D eigenvalue weighted by molar-refractivity contribution is 6.00. The van der Waals surface area contributed by atoms with Crippen molar-refractivity contribution in [3.05, 3.63) is 107 Å². The Morgan fingerprint density at radius 2 is 1.38 bits per heavy atom. The largest absolute Gasteiger partial charge is 0.390 e. The van der Waals surface area contributed by atoms with Crippen LogP contribution in [0.2, 0.25) is 0 Å². The monoisotopic (exact) mass is 573 g/mol. The molecule has 8 heteroatoms. The molecular weight excluding hydrogens is 530 g/mol. The van der Waals surface area contributed by atoms with E-state index in [9.17, 15) is 24.6 Å². The summed E-state index contributed by atoms with van der Waals surface area (Å²) in [6, 6.07) is 22.8. The van der Waals surface area contributed by atoms with Crippen LogP contribution >= 0.6 is 0 Å². The van der Waals surface area contributed by atoms with E-state index in [2.05, 4.69) is 10.6 Å². The number of benzene rings is 3. The summed E-state index contributed by atoms with van der Waals surface area (Å²) in [5.41, 5.74) is 3.23. The first kappa shape index (κ1) is 32.5. The van der Waals surface area contributed by atoms with Gasteiger partial charge in [0.05, 0.1) is 18.6 Å². The SMILES string of the molecule is CCCN(CCC)C(=O)c1cc(C)cc(C(=O)N[C@@H](Cc2ccccc2)[C@@H](O)[C@H](O)CC(=O)NCc2ccccc2)c1. The minimum Gasteiger partial charge on any atom is -0.390 e. The minimum atomic E-state index is -1.42. The quantitative estimate of drug-likeness (QED) is 0.219. The van der Waals surface area contributed by atoms with Gasteiger partial charge >= 0.3 is 0 Å². The third-order valence-corrected chi connectivity index (χ3v) is 7.01. The van der Waals surface area contributed by atoms with E-state index < -0.39 is 30.1 Å². The van der Waals surface area contributed by atoms with Crippen LogP contribution in [0.25, 0.3) is 0 Å². The number of nitrogens with zero attached hydrogens (tertiary/aromatic N) is 1.